The largest absolute Gasteiger partial charge is 0.486 e. The number of hydrogen-bond donors (Lipinski definition) is 1. The number of ether oxygens (including phenoxy) is 1. The molecule has 0 fully saturated rings. The average Bonchev–Trinajstić information content (AvgIpc) is 3.05. The Morgan fingerprint density at radius 3 is 2.74 bits per heavy atom. The smallest absolute Gasteiger partial charge is 0.258 e. The fraction of sp³-hybridized carbons (Fsp3) is 0.105. The molecule has 8 heteroatoms. The van der Waals surface area contributed by atoms with Crippen LogP contribution >= 0.6 is 0 Å². The van der Waals surface area contributed by atoms with Crippen LogP contribution in [0.15, 0.2) is 53.7 Å². The van der Waals surface area contributed by atoms with Crippen molar-refractivity contribution in [1.29, 1.82) is 0 Å². The van der Waals surface area contributed by atoms with Crippen LogP contribution in [-0.4, -0.2) is 19.7 Å². The van der Waals surface area contributed by atoms with Crippen molar-refractivity contribution in [1.82, 2.24) is 19.7 Å². The van der Waals surface area contributed by atoms with Crippen LogP contribution in [-0.2, 0) is 13.7 Å². The van der Waals surface area contributed by atoms with Gasteiger partial charge in [0.2, 0.25) is 0 Å². The van der Waals surface area contributed by atoms with E-state index < -0.39 is 11.6 Å². The van der Waals surface area contributed by atoms with Gasteiger partial charge in [-0.2, -0.15) is 5.10 Å². The van der Waals surface area contributed by atoms with Gasteiger partial charge in [0.15, 0.2) is 0 Å². The lowest BCUT2D eigenvalue weighted by Crippen LogP contribution is -2.07. The van der Waals surface area contributed by atoms with Crippen LogP contribution in [0.25, 0.3) is 22.0 Å². The molecule has 0 aliphatic carbocycles. The first kappa shape index (κ1) is 16.9. The van der Waals surface area contributed by atoms with Crippen LogP contribution in [0.2, 0.25) is 0 Å². The van der Waals surface area contributed by atoms with Gasteiger partial charge in [-0.05, 0) is 24.3 Å². The van der Waals surface area contributed by atoms with E-state index in [1.54, 1.807) is 30.1 Å². The number of H-pyrrole nitrogens is 1. The number of aromatic amines is 1. The fourth-order valence-corrected chi connectivity index (χ4v) is 2.83. The van der Waals surface area contributed by atoms with Crippen molar-refractivity contribution in [3.05, 3.63) is 76.6 Å². The number of aryl methyl sites for hydroxylation is 1. The highest BCUT2D eigenvalue weighted by molar-refractivity contribution is 5.87. The third kappa shape index (κ3) is 3.29. The Morgan fingerprint density at radius 2 is 2.00 bits per heavy atom. The molecule has 0 bridgehead atoms. The molecule has 0 amide bonds. The quantitative estimate of drug-likeness (QED) is 0.601. The van der Waals surface area contributed by atoms with Gasteiger partial charge in [-0.3, -0.25) is 9.48 Å². The second-order valence-electron chi connectivity index (χ2n) is 5.99. The summed E-state index contributed by atoms with van der Waals surface area (Å²) in [6.07, 6.45) is 3.06. The lowest BCUT2D eigenvalue weighted by atomic mass is 10.0. The third-order valence-corrected chi connectivity index (χ3v) is 4.11. The van der Waals surface area contributed by atoms with Gasteiger partial charge in [0.05, 0.1) is 22.9 Å². The molecule has 1 N–H and O–H groups in total. The normalized spacial score (nSPS) is 11.1. The zero-order valence-corrected chi connectivity index (χ0v) is 14.2. The van der Waals surface area contributed by atoms with Crippen LogP contribution in [0.3, 0.4) is 0 Å². The molecule has 0 radical (unpaired) electrons. The molecular formula is C19H14F2N4O2. The predicted octanol–water partition coefficient (Wildman–Crippen LogP) is 3.18. The van der Waals surface area contributed by atoms with Crippen molar-refractivity contribution in [2.45, 2.75) is 6.61 Å². The van der Waals surface area contributed by atoms with E-state index in [9.17, 15) is 13.6 Å². The number of nitrogens with zero attached hydrogens (tertiary/aromatic N) is 3. The van der Waals surface area contributed by atoms with E-state index in [1.807, 2.05) is 0 Å². The number of fused-ring (bicyclic) bond motifs is 1. The summed E-state index contributed by atoms with van der Waals surface area (Å²) in [5, 5.41) is 4.51. The summed E-state index contributed by atoms with van der Waals surface area (Å²) in [5.74, 6) is -1.12. The number of rotatable bonds is 4. The van der Waals surface area contributed by atoms with Crippen molar-refractivity contribution >= 4 is 10.9 Å². The van der Waals surface area contributed by atoms with Gasteiger partial charge < -0.3 is 9.72 Å². The molecular weight excluding hydrogens is 354 g/mol. The molecule has 27 heavy (non-hydrogen) atoms. The molecule has 6 nitrogen and oxygen atoms in total. The molecule has 0 spiro atoms. The average molecular weight is 368 g/mol. The van der Waals surface area contributed by atoms with E-state index in [1.165, 1.54) is 18.5 Å². The molecule has 2 heterocycles. The van der Waals surface area contributed by atoms with E-state index in [4.69, 9.17) is 4.74 Å². The second kappa shape index (κ2) is 6.64. The van der Waals surface area contributed by atoms with E-state index in [0.29, 0.717) is 22.5 Å². The van der Waals surface area contributed by atoms with Gasteiger partial charge in [-0.15, -0.1) is 0 Å². The van der Waals surface area contributed by atoms with Crippen LogP contribution in [0.5, 0.6) is 5.75 Å². The van der Waals surface area contributed by atoms with Crippen molar-refractivity contribution < 1.29 is 13.5 Å². The summed E-state index contributed by atoms with van der Waals surface area (Å²) in [7, 11) is 1.79. The zero-order valence-electron chi connectivity index (χ0n) is 14.2. The van der Waals surface area contributed by atoms with Gasteiger partial charge >= 0.3 is 0 Å². The topological polar surface area (TPSA) is 72.8 Å². The number of hydrogen-bond acceptors (Lipinski definition) is 4. The van der Waals surface area contributed by atoms with Gasteiger partial charge in [0.1, 0.15) is 24.0 Å². The van der Waals surface area contributed by atoms with E-state index in [-0.39, 0.29) is 23.1 Å². The minimum atomic E-state index is -0.752. The SMILES string of the molecule is Cn1ccc(COc2cc3nc[nH]c(=O)c3cc2-c2ccc(F)cc2F)n1. The Hall–Kier alpha value is -3.55. The summed E-state index contributed by atoms with van der Waals surface area (Å²) in [6.45, 7) is 0.144. The highest BCUT2D eigenvalue weighted by atomic mass is 19.1. The van der Waals surface area contributed by atoms with E-state index >= 15 is 0 Å². The van der Waals surface area contributed by atoms with E-state index in [2.05, 4.69) is 15.1 Å². The first-order chi connectivity index (χ1) is 13.0. The van der Waals surface area contributed by atoms with Crippen molar-refractivity contribution in [3.63, 3.8) is 0 Å². The standard InChI is InChI=1S/C19H14F2N4O2/c1-25-5-4-12(24-25)9-27-18-8-17-15(19(26)23-10-22-17)7-14(18)13-3-2-11(20)6-16(13)21/h2-8,10H,9H2,1H3,(H,22,23,26). The number of aromatic nitrogens is 4. The summed E-state index contributed by atoms with van der Waals surface area (Å²) in [6, 6.07) is 8.09. The lowest BCUT2D eigenvalue weighted by molar-refractivity contribution is 0.301. The molecule has 136 valence electrons. The maximum atomic E-state index is 14.4. The molecule has 4 rings (SSSR count). The molecule has 0 saturated carbocycles. The first-order valence-corrected chi connectivity index (χ1v) is 8.09. The van der Waals surface area contributed by atoms with Gasteiger partial charge in [0, 0.05) is 36.5 Å². The Bertz CT molecular complexity index is 1200. The van der Waals surface area contributed by atoms with Gasteiger partial charge in [-0.1, -0.05) is 0 Å². The van der Waals surface area contributed by atoms with E-state index in [0.717, 1.165) is 12.1 Å². The van der Waals surface area contributed by atoms with Gasteiger partial charge in [0.25, 0.3) is 5.56 Å². The molecule has 0 unspecified atom stereocenters. The minimum Gasteiger partial charge on any atom is -0.486 e. The minimum absolute atomic E-state index is 0.123. The predicted molar refractivity (Wildman–Crippen MR) is 95.3 cm³/mol. The molecule has 4 aromatic rings. The number of nitrogens with one attached hydrogen (secondary N) is 1. The zero-order chi connectivity index (χ0) is 19.0. The van der Waals surface area contributed by atoms with Gasteiger partial charge in [-0.25, -0.2) is 13.8 Å². The van der Waals surface area contributed by atoms with Crippen LogP contribution in [0.1, 0.15) is 5.69 Å². The lowest BCUT2D eigenvalue weighted by Gasteiger charge is -2.13. The molecule has 2 aromatic carbocycles. The van der Waals surface area contributed by atoms with Crippen molar-refractivity contribution in [3.8, 4) is 16.9 Å². The number of halogens is 2. The summed E-state index contributed by atoms with van der Waals surface area (Å²) in [5.41, 5.74) is 1.18. The number of benzene rings is 2. The fourth-order valence-electron chi connectivity index (χ4n) is 2.83. The van der Waals surface area contributed by atoms with Crippen LogP contribution in [0.4, 0.5) is 8.78 Å². The summed E-state index contributed by atoms with van der Waals surface area (Å²) < 4.78 is 35.2. The maximum Gasteiger partial charge on any atom is 0.258 e. The Balaban J connectivity index is 1.85. The summed E-state index contributed by atoms with van der Waals surface area (Å²) in [4.78, 5) is 18.7. The first-order valence-electron chi connectivity index (χ1n) is 8.09. The molecule has 2 aromatic heterocycles. The molecule has 0 saturated heterocycles. The summed E-state index contributed by atoms with van der Waals surface area (Å²) >= 11 is 0. The Labute approximate surface area is 152 Å². The molecule has 0 aliphatic heterocycles. The third-order valence-electron chi connectivity index (χ3n) is 4.11. The van der Waals surface area contributed by atoms with Crippen LogP contribution in [0, 0.1) is 11.6 Å². The Morgan fingerprint density at radius 1 is 1.15 bits per heavy atom. The monoisotopic (exact) mass is 368 g/mol. The molecule has 0 aliphatic rings. The van der Waals surface area contributed by atoms with Crippen molar-refractivity contribution in [2.24, 2.45) is 7.05 Å². The second-order valence-corrected chi connectivity index (χ2v) is 5.99. The maximum absolute atomic E-state index is 14.4. The highest BCUT2D eigenvalue weighted by Crippen LogP contribution is 2.35. The molecule has 0 atom stereocenters. The van der Waals surface area contributed by atoms with Crippen LogP contribution < -0.4 is 10.3 Å². The van der Waals surface area contributed by atoms with Crippen molar-refractivity contribution in [2.75, 3.05) is 0 Å². The Kier molecular flexibility index (Phi) is 4.15. The highest BCUT2D eigenvalue weighted by Gasteiger charge is 2.16.